The van der Waals surface area contributed by atoms with Gasteiger partial charge < -0.3 is 9.80 Å². The van der Waals surface area contributed by atoms with Crippen LogP contribution in [0.2, 0.25) is 0 Å². The van der Waals surface area contributed by atoms with Gasteiger partial charge in [0.15, 0.2) is 0 Å². The van der Waals surface area contributed by atoms with E-state index in [-0.39, 0.29) is 0 Å². The lowest BCUT2D eigenvalue weighted by molar-refractivity contribution is -0.894. The second kappa shape index (κ2) is 7.56. The van der Waals surface area contributed by atoms with E-state index < -0.39 is 0 Å². The largest absolute Gasteiger partial charge is 0.345 e. The smallest absolute Gasteiger partial charge is 0.141 e. The molecule has 0 bridgehead atoms. The summed E-state index contributed by atoms with van der Waals surface area (Å²) < 4.78 is 0. The molecule has 1 saturated heterocycles. The van der Waals surface area contributed by atoms with Gasteiger partial charge in [-0.25, -0.2) is 9.97 Å². The Labute approximate surface area is 158 Å². The molecular formula is C21H25N4S+. The van der Waals surface area contributed by atoms with Crippen molar-refractivity contribution in [1.82, 2.24) is 9.97 Å². The van der Waals surface area contributed by atoms with Crippen LogP contribution in [0.4, 0.5) is 5.82 Å². The summed E-state index contributed by atoms with van der Waals surface area (Å²) in [7, 11) is 0. The number of benzene rings is 1. The first kappa shape index (κ1) is 17.2. The lowest BCUT2D eigenvalue weighted by atomic mass is 10.2. The Morgan fingerprint density at radius 2 is 1.88 bits per heavy atom. The summed E-state index contributed by atoms with van der Waals surface area (Å²) in [5.74, 6) is 1.12. The average Bonchev–Trinajstić information content (AvgIpc) is 2.97. The fourth-order valence-electron chi connectivity index (χ4n) is 3.57. The average molecular weight is 366 g/mol. The highest BCUT2D eigenvalue weighted by atomic mass is 32.1. The van der Waals surface area contributed by atoms with Gasteiger partial charge in [0.1, 0.15) is 17.0 Å². The van der Waals surface area contributed by atoms with E-state index in [0.717, 1.165) is 43.4 Å². The third-order valence-electron chi connectivity index (χ3n) is 5.23. The minimum Gasteiger partial charge on any atom is -0.345 e. The normalized spacial score (nSPS) is 16.0. The van der Waals surface area contributed by atoms with E-state index in [4.69, 9.17) is 0 Å². The van der Waals surface area contributed by atoms with E-state index in [1.54, 1.807) is 22.6 Å². The number of hydrogen-bond acceptors (Lipinski definition) is 4. The summed E-state index contributed by atoms with van der Waals surface area (Å²) in [6.07, 6.45) is 6.25. The summed E-state index contributed by atoms with van der Waals surface area (Å²) in [6.45, 7) is 9.84. The molecule has 2 aromatic heterocycles. The second-order valence-electron chi connectivity index (χ2n) is 6.91. The van der Waals surface area contributed by atoms with Crippen LogP contribution in [0.3, 0.4) is 0 Å². The molecule has 4 nitrogen and oxygen atoms in total. The molecule has 4 rings (SSSR count). The number of aromatic nitrogens is 2. The maximum Gasteiger partial charge on any atom is 0.141 e. The van der Waals surface area contributed by atoms with E-state index in [1.165, 1.54) is 21.4 Å². The third kappa shape index (κ3) is 3.50. The molecule has 1 N–H and O–H groups in total. The van der Waals surface area contributed by atoms with Gasteiger partial charge in [-0.05, 0) is 31.1 Å². The molecule has 0 radical (unpaired) electrons. The van der Waals surface area contributed by atoms with Gasteiger partial charge >= 0.3 is 0 Å². The minimum atomic E-state index is 1.05. The zero-order valence-electron chi connectivity index (χ0n) is 15.4. The number of hydrogen-bond donors (Lipinski definition) is 1. The number of fused-ring (bicyclic) bond motifs is 1. The van der Waals surface area contributed by atoms with Crippen molar-refractivity contribution in [3.63, 3.8) is 0 Å². The van der Waals surface area contributed by atoms with E-state index in [1.807, 2.05) is 0 Å². The van der Waals surface area contributed by atoms with Crippen LogP contribution in [0.1, 0.15) is 16.0 Å². The predicted octanol–water partition coefficient (Wildman–Crippen LogP) is 2.73. The summed E-state index contributed by atoms with van der Waals surface area (Å²) in [5.41, 5.74) is 2.61. The number of anilines is 1. The first-order valence-corrected chi connectivity index (χ1v) is 10.0. The summed E-state index contributed by atoms with van der Waals surface area (Å²) in [6, 6.07) is 10.5. The topological polar surface area (TPSA) is 33.5 Å². The molecular weight excluding hydrogens is 340 g/mol. The fourth-order valence-corrected chi connectivity index (χ4v) is 4.56. The molecule has 0 amide bonds. The zero-order valence-corrected chi connectivity index (χ0v) is 16.2. The molecule has 5 heteroatoms. The standard InChI is InChI=1S/C21H24N4S/c1-16-17(2)26-21-19(16)20(22-15-23-21)25-13-11-24(12-14-25)10-6-9-18-7-4-3-5-8-18/h3-9,15H,10-14H2,1-2H3/p+1/b9-6+. The van der Waals surface area contributed by atoms with Gasteiger partial charge in [0.25, 0.3) is 0 Å². The fraction of sp³-hybridized carbons (Fsp3) is 0.333. The van der Waals surface area contributed by atoms with Crippen molar-refractivity contribution in [3.8, 4) is 0 Å². The lowest BCUT2D eigenvalue weighted by Gasteiger charge is -2.32. The Kier molecular flexibility index (Phi) is 5.00. The summed E-state index contributed by atoms with van der Waals surface area (Å²) >= 11 is 1.77. The Bertz CT molecular complexity index is 908. The van der Waals surface area contributed by atoms with E-state index in [2.05, 4.69) is 71.2 Å². The highest BCUT2D eigenvalue weighted by molar-refractivity contribution is 7.18. The van der Waals surface area contributed by atoms with Crippen LogP contribution in [0.5, 0.6) is 0 Å². The highest BCUT2D eigenvalue weighted by Gasteiger charge is 2.23. The molecule has 0 spiro atoms. The first-order valence-electron chi connectivity index (χ1n) is 9.23. The summed E-state index contributed by atoms with van der Waals surface area (Å²) in [5, 5.41) is 1.25. The Hall–Kier alpha value is -2.24. The number of quaternary nitrogens is 1. The van der Waals surface area contributed by atoms with E-state index >= 15 is 0 Å². The van der Waals surface area contributed by atoms with Crippen molar-refractivity contribution in [1.29, 1.82) is 0 Å². The van der Waals surface area contributed by atoms with E-state index in [9.17, 15) is 0 Å². The van der Waals surface area contributed by atoms with Gasteiger partial charge in [0.2, 0.25) is 0 Å². The van der Waals surface area contributed by atoms with Crippen LogP contribution in [0, 0.1) is 13.8 Å². The van der Waals surface area contributed by atoms with Crippen molar-refractivity contribution in [2.75, 3.05) is 37.6 Å². The molecule has 1 aliphatic rings. The summed E-state index contributed by atoms with van der Waals surface area (Å²) in [4.78, 5) is 15.6. The molecule has 1 aromatic carbocycles. The number of nitrogens with zero attached hydrogens (tertiary/aromatic N) is 3. The third-order valence-corrected chi connectivity index (χ3v) is 6.35. The maximum atomic E-state index is 4.63. The number of thiophene rings is 1. The Morgan fingerprint density at radius 1 is 1.12 bits per heavy atom. The Balaban J connectivity index is 1.40. The zero-order chi connectivity index (χ0) is 17.9. The first-order chi connectivity index (χ1) is 12.7. The molecule has 0 atom stereocenters. The minimum absolute atomic E-state index is 1.05. The quantitative estimate of drug-likeness (QED) is 0.772. The van der Waals surface area contributed by atoms with Crippen LogP contribution in [-0.2, 0) is 0 Å². The van der Waals surface area contributed by atoms with Gasteiger partial charge in [0, 0.05) is 4.88 Å². The van der Waals surface area contributed by atoms with Gasteiger partial charge in [-0.3, -0.25) is 0 Å². The van der Waals surface area contributed by atoms with Gasteiger partial charge in [-0.1, -0.05) is 36.4 Å². The molecule has 1 fully saturated rings. The van der Waals surface area contributed by atoms with Crippen molar-refractivity contribution in [2.45, 2.75) is 13.8 Å². The maximum absolute atomic E-state index is 4.63. The van der Waals surface area contributed by atoms with Crippen LogP contribution in [0.15, 0.2) is 42.7 Å². The van der Waals surface area contributed by atoms with Crippen molar-refractivity contribution in [3.05, 3.63) is 58.7 Å². The van der Waals surface area contributed by atoms with Gasteiger partial charge in [-0.2, -0.15) is 0 Å². The monoisotopic (exact) mass is 365 g/mol. The van der Waals surface area contributed by atoms with E-state index in [0.29, 0.717) is 0 Å². The SMILES string of the molecule is Cc1sc2ncnc(N3CC[NH+](C/C=C/c4ccccc4)CC3)c2c1C. The van der Waals surface area contributed by atoms with Crippen LogP contribution < -0.4 is 9.80 Å². The number of rotatable bonds is 4. The van der Waals surface area contributed by atoms with Crippen molar-refractivity contribution < 1.29 is 4.90 Å². The van der Waals surface area contributed by atoms with Crippen molar-refractivity contribution in [2.24, 2.45) is 0 Å². The van der Waals surface area contributed by atoms with Crippen LogP contribution in [-0.4, -0.2) is 42.7 Å². The number of piperazine rings is 1. The lowest BCUT2D eigenvalue weighted by Crippen LogP contribution is -3.14. The second-order valence-corrected chi connectivity index (χ2v) is 8.12. The number of nitrogens with one attached hydrogen (secondary N) is 1. The molecule has 0 saturated carbocycles. The highest BCUT2D eigenvalue weighted by Crippen LogP contribution is 2.34. The molecule has 3 aromatic rings. The molecule has 26 heavy (non-hydrogen) atoms. The molecule has 0 aliphatic carbocycles. The van der Waals surface area contributed by atoms with Crippen LogP contribution in [0.25, 0.3) is 16.3 Å². The van der Waals surface area contributed by atoms with Gasteiger partial charge in [-0.15, -0.1) is 11.3 Å². The molecule has 0 unspecified atom stereocenters. The van der Waals surface area contributed by atoms with Crippen molar-refractivity contribution >= 4 is 33.4 Å². The Morgan fingerprint density at radius 3 is 2.65 bits per heavy atom. The molecule has 134 valence electrons. The molecule has 1 aliphatic heterocycles. The van der Waals surface area contributed by atoms with Crippen LogP contribution >= 0.6 is 11.3 Å². The number of aryl methyl sites for hydroxylation is 2. The van der Waals surface area contributed by atoms with Gasteiger partial charge in [0.05, 0.1) is 38.1 Å². The molecule has 3 heterocycles. The predicted molar refractivity (Wildman–Crippen MR) is 110 cm³/mol.